The zero-order valence-corrected chi connectivity index (χ0v) is 25.2. The van der Waals surface area contributed by atoms with Crippen molar-refractivity contribution in [2.45, 2.75) is 0 Å². The lowest BCUT2D eigenvalue weighted by atomic mass is 9.98. The lowest BCUT2D eigenvalue weighted by Crippen LogP contribution is -2.10. The summed E-state index contributed by atoms with van der Waals surface area (Å²) in [6, 6.07) is 58.5. The van der Waals surface area contributed by atoms with E-state index in [4.69, 9.17) is 4.42 Å². The first-order valence-corrected chi connectivity index (χ1v) is 16.0. The number of para-hydroxylation sites is 1. The van der Waals surface area contributed by atoms with Crippen LogP contribution in [0.3, 0.4) is 0 Å². The molecule has 212 valence electrons. The molecule has 0 aliphatic carbocycles. The Balaban J connectivity index is 1.30. The Labute approximate surface area is 265 Å². The minimum atomic E-state index is 0.878. The topological polar surface area (TPSA) is 16.4 Å². The van der Waals surface area contributed by atoms with Gasteiger partial charge in [0.2, 0.25) is 0 Å². The summed E-state index contributed by atoms with van der Waals surface area (Å²) < 4.78 is 8.98. The zero-order chi connectivity index (χ0) is 29.7. The van der Waals surface area contributed by atoms with E-state index in [9.17, 15) is 0 Å². The summed E-state index contributed by atoms with van der Waals surface area (Å²) in [5.74, 6) is 0. The van der Waals surface area contributed by atoms with Crippen LogP contribution in [-0.2, 0) is 0 Å². The second-order valence-electron chi connectivity index (χ2n) is 11.3. The van der Waals surface area contributed by atoms with Crippen LogP contribution in [-0.4, -0.2) is 0 Å². The SMILES string of the molecule is c1ccc(-c2cccc(N(c3cccc(-c4cccc5sc6ccccc6c45)c3)c3cccc4oc5ccccc5c34)c2)cc1. The molecule has 0 aliphatic heterocycles. The first-order valence-electron chi connectivity index (χ1n) is 15.2. The quantitative estimate of drug-likeness (QED) is 0.197. The molecule has 2 aromatic heterocycles. The molecule has 0 bridgehead atoms. The monoisotopic (exact) mass is 593 g/mol. The number of rotatable bonds is 5. The number of benzene rings is 7. The van der Waals surface area contributed by atoms with Gasteiger partial charge in [-0.1, -0.05) is 109 Å². The van der Waals surface area contributed by atoms with Crippen molar-refractivity contribution in [2.75, 3.05) is 4.90 Å². The molecule has 0 saturated heterocycles. The summed E-state index contributed by atoms with van der Waals surface area (Å²) in [6.45, 7) is 0. The van der Waals surface area contributed by atoms with Crippen LogP contribution in [0.1, 0.15) is 0 Å². The minimum Gasteiger partial charge on any atom is -0.456 e. The Morgan fingerprint density at radius 2 is 1.04 bits per heavy atom. The second-order valence-corrected chi connectivity index (χ2v) is 12.4. The molecule has 0 N–H and O–H groups in total. The second kappa shape index (κ2) is 10.5. The number of anilines is 3. The van der Waals surface area contributed by atoms with E-state index >= 15 is 0 Å². The highest BCUT2D eigenvalue weighted by Gasteiger charge is 2.20. The predicted octanol–water partition coefficient (Wildman–Crippen LogP) is 12.8. The smallest absolute Gasteiger partial charge is 0.137 e. The molecule has 0 aliphatic rings. The van der Waals surface area contributed by atoms with Crippen molar-refractivity contribution < 1.29 is 4.42 Å². The van der Waals surface area contributed by atoms with Crippen LogP contribution in [0.15, 0.2) is 168 Å². The van der Waals surface area contributed by atoms with E-state index in [-0.39, 0.29) is 0 Å². The van der Waals surface area contributed by atoms with Gasteiger partial charge < -0.3 is 9.32 Å². The van der Waals surface area contributed by atoms with E-state index in [0.717, 1.165) is 39.0 Å². The molecule has 2 nitrogen and oxygen atoms in total. The number of thiophene rings is 1. The molecule has 0 saturated carbocycles. The molecule has 9 aromatic rings. The van der Waals surface area contributed by atoms with Crippen LogP contribution >= 0.6 is 11.3 Å². The molecule has 7 aromatic carbocycles. The molecule has 2 heterocycles. The Hall–Kier alpha value is -5.64. The van der Waals surface area contributed by atoms with Gasteiger partial charge >= 0.3 is 0 Å². The van der Waals surface area contributed by atoms with Gasteiger partial charge in [0, 0.05) is 36.9 Å². The van der Waals surface area contributed by atoms with Gasteiger partial charge in [0.25, 0.3) is 0 Å². The van der Waals surface area contributed by atoms with Gasteiger partial charge in [0.1, 0.15) is 11.2 Å². The largest absolute Gasteiger partial charge is 0.456 e. The van der Waals surface area contributed by atoms with E-state index in [2.05, 4.69) is 157 Å². The first kappa shape index (κ1) is 25.8. The van der Waals surface area contributed by atoms with Gasteiger partial charge in [-0.25, -0.2) is 0 Å². The van der Waals surface area contributed by atoms with Gasteiger partial charge in [-0.3, -0.25) is 0 Å². The number of fused-ring (bicyclic) bond motifs is 6. The summed E-state index contributed by atoms with van der Waals surface area (Å²) in [7, 11) is 0. The maximum atomic E-state index is 6.36. The average Bonchev–Trinajstić information content (AvgIpc) is 3.68. The van der Waals surface area contributed by atoms with Crippen molar-refractivity contribution in [3.05, 3.63) is 164 Å². The van der Waals surface area contributed by atoms with Crippen LogP contribution in [0.25, 0.3) is 64.4 Å². The third-order valence-electron chi connectivity index (χ3n) is 8.65. The van der Waals surface area contributed by atoms with E-state index in [1.54, 1.807) is 0 Å². The van der Waals surface area contributed by atoms with Crippen LogP contribution in [0.2, 0.25) is 0 Å². The number of hydrogen-bond donors (Lipinski definition) is 0. The summed E-state index contributed by atoms with van der Waals surface area (Å²) in [6.07, 6.45) is 0. The molecule has 0 amide bonds. The maximum absolute atomic E-state index is 6.36. The van der Waals surface area contributed by atoms with Crippen LogP contribution in [0, 0.1) is 0 Å². The standard InChI is InChI=1S/C42H27NOS/c1-2-12-28(13-3-1)29-14-8-16-31(26-29)43(36-21-11-23-38-42(36)34-18-4-6-22-37(34)44-38)32-17-9-15-30(27-32)33-20-10-25-40-41(33)35-19-5-7-24-39(35)45-40/h1-27H. The lowest BCUT2D eigenvalue weighted by molar-refractivity contribution is 0.669. The van der Waals surface area contributed by atoms with Crippen molar-refractivity contribution in [2.24, 2.45) is 0 Å². The third kappa shape index (κ3) is 4.32. The first-order chi connectivity index (χ1) is 22.3. The average molecular weight is 594 g/mol. The Morgan fingerprint density at radius 3 is 1.91 bits per heavy atom. The molecule has 0 spiro atoms. The van der Waals surface area contributed by atoms with E-state index in [1.165, 1.54) is 42.4 Å². The fraction of sp³-hybridized carbons (Fsp3) is 0. The van der Waals surface area contributed by atoms with Gasteiger partial charge in [0.05, 0.1) is 11.1 Å². The molecular formula is C42H27NOS. The van der Waals surface area contributed by atoms with Crippen molar-refractivity contribution >= 4 is 70.5 Å². The normalized spacial score (nSPS) is 11.6. The van der Waals surface area contributed by atoms with Crippen molar-refractivity contribution in [3.63, 3.8) is 0 Å². The minimum absolute atomic E-state index is 0.878. The highest BCUT2D eigenvalue weighted by Crippen LogP contribution is 2.45. The van der Waals surface area contributed by atoms with Crippen LogP contribution in [0.5, 0.6) is 0 Å². The molecule has 0 radical (unpaired) electrons. The van der Waals surface area contributed by atoms with Crippen molar-refractivity contribution in [3.8, 4) is 22.3 Å². The molecule has 0 atom stereocenters. The molecule has 0 unspecified atom stereocenters. The van der Waals surface area contributed by atoms with Gasteiger partial charge in [-0.15, -0.1) is 11.3 Å². The number of furan rings is 1. The van der Waals surface area contributed by atoms with E-state index < -0.39 is 0 Å². The van der Waals surface area contributed by atoms with Crippen molar-refractivity contribution in [1.82, 2.24) is 0 Å². The van der Waals surface area contributed by atoms with Gasteiger partial charge in [-0.05, 0) is 76.9 Å². The highest BCUT2D eigenvalue weighted by atomic mass is 32.1. The summed E-state index contributed by atoms with van der Waals surface area (Å²) in [5.41, 5.74) is 9.83. The molecular weight excluding hydrogens is 567 g/mol. The molecule has 45 heavy (non-hydrogen) atoms. The van der Waals surface area contributed by atoms with E-state index in [0.29, 0.717) is 0 Å². The van der Waals surface area contributed by atoms with Gasteiger partial charge in [-0.2, -0.15) is 0 Å². The fourth-order valence-electron chi connectivity index (χ4n) is 6.65. The Bertz CT molecular complexity index is 2510. The van der Waals surface area contributed by atoms with Crippen molar-refractivity contribution in [1.29, 1.82) is 0 Å². The summed E-state index contributed by atoms with van der Waals surface area (Å²) in [5, 5.41) is 4.84. The van der Waals surface area contributed by atoms with Crippen LogP contribution in [0.4, 0.5) is 17.1 Å². The molecule has 0 fully saturated rings. The van der Waals surface area contributed by atoms with Crippen LogP contribution < -0.4 is 4.90 Å². The number of hydrogen-bond acceptors (Lipinski definition) is 3. The predicted molar refractivity (Wildman–Crippen MR) is 192 cm³/mol. The van der Waals surface area contributed by atoms with Gasteiger partial charge in [0.15, 0.2) is 0 Å². The molecule has 3 heteroatoms. The Kier molecular flexibility index (Phi) is 6.03. The molecule has 9 rings (SSSR count). The zero-order valence-electron chi connectivity index (χ0n) is 24.4. The highest BCUT2D eigenvalue weighted by molar-refractivity contribution is 7.25. The number of nitrogens with zero attached hydrogens (tertiary/aromatic N) is 1. The summed E-state index contributed by atoms with van der Waals surface area (Å²) in [4.78, 5) is 2.38. The lowest BCUT2D eigenvalue weighted by Gasteiger charge is -2.27. The van der Waals surface area contributed by atoms with E-state index in [1.807, 2.05) is 23.5 Å². The summed E-state index contributed by atoms with van der Waals surface area (Å²) >= 11 is 1.86. The maximum Gasteiger partial charge on any atom is 0.137 e. The Morgan fingerprint density at radius 1 is 0.422 bits per heavy atom. The fourth-order valence-corrected chi connectivity index (χ4v) is 7.78. The third-order valence-corrected chi connectivity index (χ3v) is 9.79.